The van der Waals surface area contributed by atoms with E-state index >= 15 is 0 Å². The monoisotopic (exact) mass is 277 g/mol. The first-order chi connectivity index (χ1) is 9.58. The molecule has 0 fully saturated rings. The van der Waals surface area contributed by atoms with Crippen LogP contribution in [0.15, 0.2) is 12.3 Å². The summed E-state index contributed by atoms with van der Waals surface area (Å²) in [6.07, 6.45) is 2.17. The Morgan fingerprint density at radius 1 is 1.55 bits per heavy atom. The van der Waals surface area contributed by atoms with Crippen molar-refractivity contribution >= 4 is 17.4 Å². The molecule has 0 saturated heterocycles. The molecule has 2 N–H and O–H groups in total. The predicted octanol–water partition coefficient (Wildman–Crippen LogP) is 1.19. The molecular formula is C12H15N5O3. The fourth-order valence-electron chi connectivity index (χ4n) is 1.43. The van der Waals surface area contributed by atoms with Crippen molar-refractivity contribution < 1.29 is 9.72 Å². The Labute approximate surface area is 116 Å². The lowest BCUT2D eigenvalue weighted by Crippen LogP contribution is -2.26. The van der Waals surface area contributed by atoms with Crippen LogP contribution in [0, 0.1) is 21.4 Å². The normalized spacial score (nSPS) is 9.60. The van der Waals surface area contributed by atoms with Crippen LogP contribution < -0.4 is 10.6 Å². The largest absolute Gasteiger partial charge is 0.368 e. The number of anilines is 1. The molecule has 0 aliphatic heterocycles. The van der Waals surface area contributed by atoms with E-state index in [1.807, 2.05) is 13.0 Å². The first-order valence-corrected chi connectivity index (χ1v) is 6.13. The Morgan fingerprint density at radius 2 is 2.30 bits per heavy atom. The molecule has 1 amide bonds. The Hall–Kier alpha value is -2.69. The zero-order chi connectivity index (χ0) is 15.0. The Bertz CT molecular complexity index is 538. The van der Waals surface area contributed by atoms with Crippen molar-refractivity contribution in [2.24, 2.45) is 0 Å². The lowest BCUT2D eigenvalue weighted by atomic mass is 10.2. The van der Waals surface area contributed by atoms with Gasteiger partial charge in [0.2, 0.25) is 5.91 Å². The van der Waals surface area contributed by atoms with Gasteiger partial charge in [-0.25, -0.2) is 4.98 Å². The molecule has 0 unspecified atom stereocenters. The van der Waals surface area contributed by atoms with Crippen molar-refractivity contribution in [3.63, 3.8) is 0 Å². The lowest BCUT2D eigenvalue weighted by Gasteiger charge is -2.07. The molecule has 0 saturated carbocycles. The van der Waals surface area contributed by atoms with Crippen molar-refractivity contribution in [1.29, 1.82) is 5.26 Å². The lowest BCUT2D eigenvalue weighted by molar-refractivity contribution is -0.385. The average molecular weight is 277 g/mol. The molecule has 8 nitrogen and oxygen atoms in total. The van der Waals surface area contributed by atoms with Crippen LogP contribution in [0.5, 0.6) is 0 Å². The Morgan fingerprint density at radius 3 is 2.90 bits per heavy atom. The summed E-state index contributed by atoms with van der Waals surface area (Å²) in [6, 6.07) is 2.98. The predicted molar refractivity (Wildman–Crippen MR) is 72.0 cm³/mol. The van der Waals surface area contributed by atoms with Crippen molar-refractivity contribution in [3.05, 3.63) is 27.9 Å². The second kappa shape index (κ2) is 7.68. The molecule has 1 aromatic rings. The fourth-order valence-corrected chi connectivity index (χ4v) is 1.43. The number of pyridine rings is 1. The molecule has 0 bridgehead atoms. The van der Waals surface area contributed by atoms with Crippen molar-refractivity contribution in [1.82, 2.24) is 10.3 Å². The topological polar surface area (TPSA) is 121 Å². The highest BCUT2D eigenvalue weighted by Gasteiger charge is 2.12. The van der Waals surface area contributed by atoms with Crippen LogP contribution in [0.4, 0.5) is 11.5 Å². The minimum absolute atomic E-state index is 0.0770. The summed E-state index contributed by atoms with van der Waals surface area (Å²) in [5.41, 5.74) is -0.166. The number of carbonyl (C=O) groups excluding carboxylic acids is 1. The number of hydrogen-bond acceptors (Lipinski definition) is 6. The van der Waals surface area contributed by atoms with Crippen LogP contribution in [0.3, 0.4) is 0 Å². The zero-order valence-corrected chi connectivity index (χ0v) is 11.0. The van der Waals surface area contributed by atoms with E-state index in [9.17, 15) is 14.9 Å². The number of hydrogen-bond donors (Lipinski definition) is 2. The quantitative estimate of drug-likeness (QED) is 0.570. The third kappa shape index (κ3) is 4.53. The SMILES string of the molecule is CCCNC(=O)CCNc1ncc([N+](=O)[O-])cc1C#N. The van der Waals surface area contributed by atoms with Crippen LogP contribution in [0.1, 0.15) is 25.3 Å². The molecule has 1 rings (SSSR count). The smallest absolute Gasteiger partial charge is 0.289 e. The van der Waals surface area contributed by atoms with Crippen molar-refractivity contribution in [2.45, 2.75) is 19.8 Å². The first kappa shape index (κ1) is 15.4. The van der Waals surface area contributed by atoms with Crippen LogP contribution in [-0.4, -0.2) is 28.9 Å². The van der Waals surface area contributed by atoms with E-state index in [0.29, 0.717) is 13.1 Å². The molecule has 0 aromatic carbocycles. The second-order valence-corrected chi connectivity index (χ2v) is 3.99. The maximum atomic E-state index is 11.4. The number of nitrogens with one attached hydrogen (secondary N) is 2. The standard InChI is InChI=1S/C12H15N5O3/c1-2-4-14-11(18)3-5-15-12-9(7-13)6-10(8-16-12)17(19)20/h6,8H,2-5H2,1H3,(H,14,18)(H,15,16). The van der Waals surface area contributed by atoms with Gasteiger partial charge >= 0.3 is 0 Å². The molecule has 1 aromatic heterocycles. The number of amides is 1. The van der Waals surface area contributed by atoms with E-state index < -0.39 is 4.92 Å². The zero-order valence-electron chi connectivity index (χ0n) is 11.0. The highest BCUT2D eigenvalue weighted by Crippen LogP contribution is 2.17. The Kier molecular flexibility index (Phi) is 5.90. The molecule has 0 radical (unpaired) electrons. The van der Waals surface area contributed by atoms with Gasteiger partial charge < -0.3 is 10.6 Å². The highest BCUT2D eigenvalue weighted by atomic mass is 16.6. The van der Waals surface area contributed by atoms with E-state index in [1.165, 1.54) is 0 Å². The first-order valence-electron chi connectivity index (χ1n) is 6.13. The third-order valence-electron chi connectivity index (χ3n) is 2.42. The molecule has 0 atom stereocenters. The molecule has 8 heteroatoms. The molecule has 1 heterocycles. The molecule has 0 aliphatic carbocycles. The number of nitrogens with zero attached hydrogens (tertiary/aromatic N) is 3. The van der Waals surface area contributed by atoms with Crippen molar-refractivity contribution in [2.75, 3.05) is 18.4 Å². The number of aromatic nitrogens is 1. The minimum Gasteiger partial charge on any atom is -0.368 e. The van der Waals surface area contributed by atoms with Crippen LogP contribution in [-0.2, 0) is 4.79 Å². The van der Waals surface area contributed by atoms with Crippen LogP contribution >= 0.6 is 0 Å². The molecule has 20 heavy (non-hydrogen) atoms. The van der Waals surface area contributed by atoms with Gasteiger partial charge in [-0.1, -0.05) is 6.92 Å². The summed E-state index contributed by atoms with van der Waals surface area (Å²) in [5, 5.41) is 25.0. The van der Waals surface area contributed by atoms with E-state index in [0.717, 1.165) is 18.7 Å². The van der Waals surface area contributed by atoms with Crippen LogP contribution in [0.2, 0.25) is 0 Å². The summed E-state index contributed by atoms with van der Waals surface area (Å²) in [5.74, 6) is 0.140. The average Bonchev–Trinajstić information content (AvgIpc) is 2.45. The third-order valence-corrected chi connectivity index (χ3v) is 2.42. The van der Waals surface area contributed by atoms with E-state index in [4.69, 9.17) is 5.26 Å². The van der Waals surface area contributed by atoms with E-state index in [1.54, 1.807) is 0 Å². The van der Waals surface area contributed by atoms with E-state index in [2.05, 4.69) is 15.6 Å². The highest BCUT2D eigenvalue weighted by molar-refractivity contribution is 5.76. The number of rotatable bonds is 7. The minimum atomic E-state index is -0.615. The number of nitro groups is 1. The second-order valence-electron chi connectivity index (χ2n) is 3.99. The number of carbonyl (C=O) groups is 1. The van der Waals surface area contributed by atoms with Crippen LogP contribution in [0.25, 0.3) is 0 Å². The van der Waals surface area contributed by atoms with Gasteiger partial charge in [0.25, 0.3) is 5.69 Å². The van der Waals surface area contributed by atoms with Gasteiger partial charge in [0, 0.05) is 25.6 Å². The van der Waals surface area contributed by atoms with Gasteiger partial charge in [-0.15, -0.1) is 0 Å². The molecule has 106 valence electrons. The molecule has 0 aliphatic rings. The van der Waals surface area contributed by atoms with Crippen molar-refractivity contribution in [3.8, 4) is 6.07 Å². The summed E-state index contributed by atoms with van der Waals surface area (Å²) in [4.78, 5) is 25.1. The van der Waals surface area contributed by atoms with Gasteiger partial charge in [0.05, 0.1) is 4.92 Å². The summed E-state index contributed by atoms with van der Waals surface area (Å²) >= 11 is 0. The van der Waals surface area contributed by atoms with E-state index in [-0.39, 0.29) is 29.4 Å². The Balaban J connectivity index is 2.58. The van der Waals surface area contributed by atoms with Gasteiger partial charge in [-0.2, -0.15) is 5.26 Å². The summed E-state index contributed by atoms with van der Waals surface area (Å²) < 4.78 is 0. The maximum Gasteiger partial charge on any atom is 0.289 e. The summed E-state index contributed by atoms with van der Waals surface area (Å²) in [7, 11) is 0. The number of nitriles is 1. The fraction of sp³-hybridized carbons (Fsp3) is 0.417. The molecular weight excluding hydrogens is 262 g/mol. The van der Waals surface area contributed by atoms with Gasteiger partial charge in [0.15, 0.2) is 0 Å². The van der Waals surface area contributed by atoms with Gasteiger partial charge in [-0.05, 0) is 6.42 Å². The summed E-state index contributed by atoms with van der Waals surface area (Å²) in [6.45, 7) is 2.88. The van der Waals surface area contributed by atoms with Gasteiger partial charge in [-0.3, -0.25) is 14.9 Å². The maximum absolute atomic E-state index is 11.4. The molecule has 0 spiro atoms. The van der Waals surface area contributed by atoms with Gasteiger partial charge in [0.1, 0.15) is 23.6 Å².